The molecule has 1 fully saturated rings. The Bertz CT molecular complexity index is 1190. The molecule has 0 aliphatic carbocycles. The number of carbonyl (C=O) groups is 1. The Morgan fingerprint density at radius 2 is 2.19 bits per heavy atom. The van der Waals surface area contributed by atoms with Crippen molar-refractivity contribution >= 4 is 33.3 Å². The number of aryl methyl sites for hydroxylation is 1. The van der Waals surface area contributed by atoms with Crippen LogP contribution in [0.3, 0.4) is 0 Å². The van der Waals surface area contributed by atoms with Gasteiger partial charge in [0, 0.05) is 43.7 Å². The minimum Gasteiger partial charge on any atom is -0.459 e. The molecule has 0 radical (unpaired) electrons. The smallest absolute Gasteiger partial charge is 0.261 e. The summed E-state index contributed by atoms with van der Waals surface area (Å²) in [6, 6.07) is 5.24. The van der Waals surface area contributed by atoms with Gasteiger partial charge in [-0.3, -0.25) is 18.7 Å². The number of aromatic nitrogens is 2. The van der Waals surface area contributed by atoms with Gasteiger partial charge < -0.3 is 19.6 Å². The first-order valence-electron chi connectivity index (χ1n) is 10.0. The Morgan fingerprint density at radius 1 is 1.39 bits per heavy atom. The van der Waals surface area contributed by atoms with Crippen LogP contribution in [0.2, 0.25) is 0 Å². The van der Waals surface area contributed by atoms with Gasteiger partial charge >= 0.3 is 0 Å². The Balaban J connectivity index is 1.65. The van der Waals surface area contributed by atoms with Crippen LogP contribution in [0.4, 0.5) is 5.82 Å². The van der Waals surface area contributed by atoms with Crippen LogP contribution in [0.25, 0.3) is 22.1 Å². The van der Waals surface area contributed by atoms with Crippen molar-refractivity contribution in [3.05, 3.63) is 46.7 Å². The van der Waals surface area contributed by atoms with Gasteiger partial charge in [0.05, 0.1) is 17.7 Å². The summed E-state index contributed by atoms with van der Waals surface area (Å²) < 4.78 is 27.5. The summed E-state index contributed by atoms with van der Waals surface area (Å²) in [4.78, 5) is 28.2. The van der Waals surface area contributed by atoms with E-state index in [2.05, 4.69) is 15.6 Å². The van der Waals surface area contributed by atoms with Gasteiger partial charge in [-0.25, -0.2) is 4.98 Å². The summed E-state index contributed by atoms with van der Waals surface area (Å²) in [6.07, 6.45) is 4.93. The fourth-order valence-corrected chi connectivity index (χ4v) is 5.62. The topological polar surface area (TPSA) is 130 Å². The lowest BCUT2D eigenvalue weighted by molar-refractivity contribution is -0.114. The summed E-state index contributed by atoms with van der Waals surface area (Å²) in [7, 11) is -0.832. The number of anilines is 1. The standard InChI is InChI=1S/C21H26N4O5S/c1-13(26)24-19-8-14(5-6-22-19)18-11-25(2)21(27)17-9-16(30-20(17)18)10-23-15-4-3-7-31(28,29)12-15/h5-6,8-9,11,15,23,28-29H,3-4,7,10,12H2,1-2H3,(H,22,24,26). The molecule has 4 heterocycles. The number of hydrogen-bond donors (Lipinski definition) is 4. The summed E-state index contributed by atoms with van der Waals surface area (Å²) in [5, 5.41) is 6.44. The quantitative estimate of drug-likeness (QED) is 0.474. The molecular weight excluding hydrogens is 420 g/mol. The second-order valence-electron chi connectivity index (χ2n) is 7.92. The molecule has 0 spiro atoms. The zero-order valence-corrected chi connectivity index (χ0v) is 18.2. The average Bonchev–Trinajstić information content (AvgIpc) is 3.13. The third kappa shape index (κ3) is 4.82. The van der Waals surface area contributed by atoms with Crippen LogP contribution in [-0.4, -0.2) is 42.1 Å². The highest BCUT2D eigenvalue weighted by atomic mass is 32.3. The molecule has 4 N–H and O–H groups in total. The molecule has 1 amide bonds. The predicted molar refractivity (Wildman–Crippen MR) is 121 cm³/mol. The van der Waals surface area contributed by atoms with Gasteiger partial charge in [0.1, 0.15) is 17.2 Å². The van der Waals surface area contributed by atoms with Crippen LogP contribution in [0.15, 0.2) is 39.8 Å². The van der Waals surface area contributed by atoms with E-state index in [0.717, 1.165) is 18.4 Å². The number of carbonyl (C=O) groups excluding carboxylic acids is 1. The number of nitrogens with zero attached hydrogens (tertiary/aromatic N) is 2. The Labute approximate surface area is 180 Å². The van der Waals surface area contributed by atoms with E-state index in [1.807, 2.05) is 0 Å². The van der Waals surface area contributed by atoms with Crippen molar-refractivity contribution in [1.29, 1.82) is 0 Å². The fourth-order valence-electron chi connectivity index (χ4n) is 3.90. The molecule has 1 unspecified atom stereocenters. The molecule has 3 aromatic heterocycles. The molecule has 9 nitrogen and oxygen atoms in total. The van der Waals surface area contributed by atoms with Crippen LogP contribution < -0.4 is 16.2 Å². The largest absolute Gasteiger partial charge is 0.459 e. The van der Waals surface area contributed by atoms with Crippen molar-refractivity contribution in [1.82, 2.24) is 14.9 Å². The molecule has 3 aromatic rings. The molecule has 1 aliphatic heterocycles. The lowest BCUT2D eigenvalue weighted by Gasteiger charge is -2.40. The first-order valence-corrected chi connectivity index (χ1v) is 11.9. The molecule has 1 aliphatic rings. The van der Waals surface area contributed by atoms with Gasteiger partial charge in [0.25, 0.3) is 5.56 Å². The SMILES string of the molecule is CC(=O)Nc1cc(-c2cn(C)c(=O)c3cc(CNC4CCCS(O)(O)C4)oc23)ccn1. The van der Waals surface area contributed by atoms with E-state index in [-0.39, 0.29) is 17.5 Å². The van der Waals surface area contributed by atoms with Gasteiger partial charge in [-0.15, -0.1) is 0 Å². The predicted octanol–water partition coefficient (Wildman–Crippen LogP) is 3.15. The number of amides is 1. The molecule has 0 aromatic carbocycles. The van der Waals surface area contributed by atoms with E-state index in [9.17, 15) is 18.7 Å². The van der Waals surface area contributed by atoms with Crippen LogP contribution >= 0.6 is 10.6 Å². The number of rotatable bonds is 5. The first-order chi connectivity index (χ1) is 14.7. The van der Waals surface area contributed by atoms with Gasteiger partial charge in [-0.1, -0.05) is 0 Å². The van der Waals surface area contributed by atoms with Crippen molar-refractivity contribution in [2.45, 2.75) is 32.4 Å². The monoisotopic (exact) mass is 446 g/mol. The van der Waals surface area contributed by atoms with Crippen molar-refractivity contribution in [2.24, 2.45) is 7.05 Å². The zero-order chi connectivity index (χ0) is 22.2. The normalized spacial score (nSPS) is 19.3. The number of fused-ring (bicyclic) bond motifs is 1. The van der Waals surface area contributed by atoms with Crippen molar-refractivity contribution in [3.8, 4) is 11.1 Å². The Hall–Kier alpha value is -2.66. The third-order valence-corrected chi connectivity index (χ3v) is 7.21. The molecular formula is C21H26N4O5S. The molecule has 1 saturated heterocycles. The number of hydrogen-bond acceptors (Lipinski definition) is 7. The highest BCUT2D eigenvalue weighted by molar-refractivity contribution is 8.24. The number of furan rings is 1. The summed E-state index contributed by atoms with van der Waals surface area (Å²) in [5.74, 6) is 1.58. The second kappa shape index (κ2) is 8.46. The molecule has 0 bridgehead atoms. The maximum Gasteiger partial charge on any atom is 0.261 e. The second-order valence-corrected chi connectivity index (χ2v) is 10.3. The van der Waals surface area contributed by atoms with E-state index in [1.54, 1.807) is 37.6 Å². The van der Waals surface area contributed by atoms with Crippen molar-refractivity contribution in [3.63, 3.8) is 0 Å². The van der Waals surface area contributed by atoms with Crippen molar-refractivity contribution < 1.29 is 18.3 Å². The van der Waals surface area contributed by atoms with Crippen LogP contribution in [0.1, 0.15) is 25.5 Å². The maximum absolute atomic E-state index is 12.7. The third-order valence-electron chi connectivity index (χ3n) is 5.33. The van der Waals surface area contributed by atoms with Crippen LogP contribution in [0, 0.1) is 0 Å². The molecule has 0 saturated carbocycles. The van der Waals surface area contributed by atoms with Gasteiger partial charge in [-0.2, -0.15) is 10.6 Å². The highest BCUT2D eigenvalue weighted by Crippen LogP contribution is 2.44. The maximum atomic E-state index is 12.7. The fraction of sp³-hybridized carbons (Fsp3) is 0.381. The van der Waals surface area contributed by atoms with Gasteiger partial charge in [0.15, 0.2) is 0 Å². The van der Waals surface area contributed by atoms with Gasteiger partial charge in [-0.05, 0) is 36.6 Å². The van der Waals surface area contributed by atoms with E-state index in [4.69, 9.17) is 4.42 Å². The lowest BCUT2D eigenvalue weighted by Crippen LogP contribution is -2.37. The van der Waals surface area contributed by atoms with E-state index >= 15 is 0 Å². The van der Waals surface area contributed by atoms with Gasteiger partial charge in [0.2, 0.25) is 5.91 Å². The first kappa shape index (κ1) is 21.6. The Kier molecular flexibility index (Phi) is 5.89. The highest BCUT2D eigenvalue weighted by Gasteiger charge is 2.25. The lowest BCUT2D eigenvalue weighted by atomic mass is 10.1. The van der Waals surface area contributed by atoms with E-state index < -0.39 is 10.6 Å². The Morgan fingerprint density at radius 3 is 2.94 bits per heavy atom. The van der Waals surface area contributed by atoms with Crippen LogP contribution in [0.5, 0.6) is 0 Å². The molecule has 1 atom stereocenters. The van der Waals surface area contributed by atoms with Crippen molar-refractivity contribution in [2.75, 3.05) is 16.8 Å². The van der Waals surface area contributed by atoms with E-state index in [1.165, 1.54) is 11.5 Å². The molecule has 31 heavy (non-hydrogen) atoms. The van der Waals surface area contributed by atoms with E-state index in [0.29, 0.717) is 46.2 Å². The summed E-state index contributed by atoms with van der Waals surface area (Å²) >= 11 is 0. The van der Waals surface area contributed by atoms with Crippen LogP contribution in [-0.2, 0) is 18.4 Å². The molecule has 166 valence electrons. The minimum absolute atomic E-state index is 0.00493. The molecule has 10 heteroatoms. The minimum atomic E-state index is -2.51. The summed E-state index contributed by atoms with van der Waals surface area (Å²) in [6.45, 7) is 1.79. The summed E-state index contributed by atoms with van der Waals surface area (Å²) in [5.41, 5.74) is 1.77. The number of pyridine rings is 2. The average molecular weight is 447 g/mol. The number of nitrogens with one attached hydrogen (secondary N) is 2. The zero-order valence-electron chi connectivity index (χ0n) is 17.4. The molecule has 4 rings (SSSR count).